The molecule has 1 unspecified atom stereocenters. The van der Waals surface area contributed by atoms with E-state index in [4.69, 9.17) is 17.7 Å². The molecule has 150 valence electrons. The van der Waals surface area contributed by atoms with Crippen molar-refractivity contribution in [3.8, 4) is 0 Å². The number of rotatable bonds is 19. The number of aliphatic hydroxyl groups is 2. The van der Waals surface area contributed by atoms with Gasteiger partial charge in [-0.25, -0.2) is 0 Å². The molecule has 0 fully saturated rings. The fraction of sp³-hybridized carbons (Fsp3) is 0.952. The maximum absolute atomic E-state index is 11.7. The van der Waals surface area contributed by atoms with Crippen LogP contribution < -0.4 is 0 Å². The molecule has 25 heavy (non-hydrogen) atoms. The van der Waals surface area contributed by atoms with E-state index in [9.17, 15) is 4.79 Å². The van der Waals surface area contributed by atoms with Crippen LogP contribution in [-0.4, -0.2) is 35.5 Å². The van der Waals surface area contributed by atoms with E-state index in [2.05, 4.69) is 6.92 Å². The Morgan fingerprint density at radius 1 is 0.840 bits per heavy atom. The molecule has 0 radical (unpaired) electrons. The quantitative estimate of drug-likeness (QED) is 0.247. The van der Waals surface area contributed by atoms with Gasteiger partial charge in [-0.1, -0.05) is 96.8 Å². The highest BCUT2D eigenvalue weighted by Gasteiger charge is 2.07. The molecule has 2 N–H and O–H groups in total. The number of ether oxygens (including phenoxy) is 1. The number of hydrogen-bond donors (Lipinski definition) is 2. The minimum Gasteiger partial charge on any atom is -0.463 e. The van der Waals surface area contributed by atoms with Crippen LogP contribution in [0.2, 0.25) is 0 Å². The molecule has 4 nitrogen and oxygen atoms in total. The average Bonchev–Trinajstić information content (AvgIpc) is 2.65. The predicted octanol–water partition coefficient (Wildman–Crippen LogP) is 5.14. The van der Waals surface area contributed by atoms with Crippen molar-refractivity contribution in [3.63, 3.8) is 0 Å². The van der Waals surface area contributed by atoms with Gasteiger partial charge in [0.15, 0.2) is 0 Å². The van der Waals surface area contributed by atoms with Crippen molar-refractivity contribution >= 4 is 5.97 Å². The second-order valence-corrected chi connectivity index (χ2v) is 6.96. The van der Waals surface area contributed by atoms with Crippen molar-refractivity contribution < 1.29 is 22.5 Å². The van der Waals surface area contributed by atoms with Crippen molar-refractivity contribution in [1.29, 1.82) is 0 Å². The second-order valence-electron chi connectivity index (χ2n) is 6.96. The minimum absolute atomic E-state index is 0.138. The summed E-state index contributed by atoms with van der Waals surface area (Å²) >= 11 is 0. The molecule has 0 aliphatic rings. The Morgan fingerprint density at radius 2 is 1.24 bits per heavy atom. The SMILES string of the molecule is [2H]C([2H])(CCCCCCCCCCCCCCCC)C(=O)OCC(O)CO. The Labute approximate surface area is 158 Å². The zero-order chi connectivity index (χ0) is 20.4. The number of carbonyl (C=O) groups excluding carboxylic acids is 1. The van der Waals surface area contributed by atoms with E-state index in [1.807, 2.05) is 0 Å². The summed E-state index contributed by atoms with van der Waals surface area (Å²) < 4.78 is 20.2. The molecule has 0 heterocycles. The third kappa shape index (κ3) is 19.6. The normalized spacial score (nSPS) is 14.0. The lowest BCUT2D eigenvalue weighted by atomic mass is 10.0. The molecule has 0 aromatic carbocycles. The van der Waals surface area contributed by atoms with Gasteiger partial charge in [0.25, 0.3) is 0 Å². The lowest BCUT2D eigenvalue weighted by Gasteiger charge is -2.08. The van der Waals surface area contributed by atoms with Gasteiger partial charge in [0.1, 0.15) is 12.7 Å². The van der Waals surface area contributed by atoms with E-state index in [1.54, 1.807) is 0 Å². The zero-order valence-corrected chi connectivity index (χ0v) is 16.3. The first-order chi connectivity index (χ1) is 12.9. The smallest absolute Gasteiger partial charge is 0.305 e. The van der Waals surface area contributed by atoms with Crippen LogP contribution in [-0.2, 0) is 9.53 Å². The van der Waals surface area contributed by atoms with Crippen LogP contribution in [0.4, 0.5) is 0 Å². The molecule has 0 aliphatic heterocycles. The third-order valence-corrected chi connectivity index (χ3v) is 4.42. The van der Waals surface area contributed by atoms with Gasteiger partial charge >= 0.3 is 5.97 Å². The van der Waals surface area contributed by atoms with E-state index in [1.165, 1.54) is 70.6 Å². The standard InChI is InChI=1S/C21H42O4/c1-2-3-4-5-6-7-8-9-10-11-12-13-14-15-16-17-21(24)25-19-20(23)18-22/h20,22-23H,2-19H2,1H3/i17D2. The minimum atomic E-state index is -2.02. The highest BCUT2D eigenvalue weighted by Crippen LogP contribution is 2.13. The Balaban J connectivity index is 3.45. The van der Waals surface area contributed by atoms with Crippen molar-refractivity contribution in [2.75, 3.05) is 13.2 Å². The number of carbonyl (C=O) groups is 1. The number of esters is 1. The molecule has 0 spiro atoms. The van der Waals surface area contributed by atoms with Gasteiger partial charge in [-0.2, -0.15) is 0 Å². The Kier molecular flexibility index (Phi) is 16.3. The molecular formula is C21H42O4. The van der Waals surface area contributed by atoms with E-state index < -0.39 is 25.1 Å². The van der Waals surface area contributed by atoms with Crippen LogP contribution in [0, 0.1) is 0 Å². The van der Waals surface area contributed by atoms with Gasteiger partial charge in [0.05, 0.1) is 6.61 Å². The number of aliphatic hydroxyl groups excluding tert-OH is 2. The van der Waals surface area contributed by atoms with Gasteiger partial charge < -0.3 is 14.9 Å². The van der Waals surface area contributed by atoms with E-state index in [0.717, 1.165) is 12.8 Å². The Morgan fingerprint density at radius 3 is 1.64 bits per heavy atom. The Bertz CT molecular complexity index is 351. The molecule has 0 aromatic heterocycles. The fourth-order valence-electron chi connectivity index (χ4n) is 2.79. The fourth-order valence-corrected chi connectivity index (χ4v) is 2.79. The van der Waals surface area contributed by atoms with Crippen LogP contribution in [0.25, 0.3) is 0 Å². The maximum Gasteiger partial charge on any atom is 0.305 e. The highest BCUT2D eigenvalue weighted by molar-refractivity contribution is 5.69. The van der Waals surface area contributed by atoms with Crippen LogP contribution in [0.1, 0.15) is 112 Å². The summed E-state index contributed by atoms with van der Waals surface area (Å²) in [5, 5.41) is 17.8. The molecule has 0 rings (SSSR count). The summed E-state index contributed by atoms with van der Waals surface area (Å²) in [6, 6.07) is 0. The molecule has 0 aromatic rings. The molecule has 0 saturated carbocycles. The summed E-state index contributed by atoms with van der Waals surface area (Å²) in [6.45, 7) is 1.38. The molecule has 0 bridgehead atoms. The topological polar surface area (TPSA) is 66.8 Å². The molecule has 0 saturated heterocycles. The van der Waals surface area contributed by atoms with E-state index in [-0.39, 0.29) is 13.0 Å². The van der Waals surface area contributed by atoms with Crippen molar-refractivity contribution in [2.45, 2.75) is 116 Å². The van der Waals surface area contributed by atoms with Crippen LogP contribution >= 0.6 is 0 Å². The van der Waals surface area contributed by atoms with Crippen LogP contribution in [0.5, 0.6) is 0 Å². The first-order valence-electron chi connectivity index (χ1n) is 11.4. The van der Waals surface area contributed by atoms with Gasteiger partial charge in [0.2, 0.25) is 0 Å². The lowest BCUT2D eigenvalue weighted by molar-refractivity contribution is -0.147. The first-order valence-corrected chi connectivity index (χ1v) is 10.4. The average molecular weight is 361 g/mol. The first kappa shape index (κ1) is 20.7. The van der Waals surface area contributed by atoms with Crippen molar-refractivity contribution in [2.24, 2.45) is 0 Å². The van der Waals surface area contributed by atoms with Gasteiger partial charge in [-0.3, -0.25) is 4.79 Å². The summed E-state index contributed by atoms with van der Waals surface area (Å²) in [6.07, 6.45) is 14.2. The maximum atomic E-state index is 11.7. The monoisotopic (exact) mass is 360 g/mol. The summed E-state index contributed by atoms with van der Waals surface area (Å²) in [7, 11) is 0. The molecule has 1 atom stereocenters. The summed E-state index contributed by atoms with van der Waals surface area (Å²) in [4.78, 5) is 11.7. The third-order valence-electron chi connectivity index (χ3n) is 4.42. The van der Waals surface area contributed by atoms with Crippen LogP contribution in [0.15, 0.2) is 0 Å². The molecule has 4 heteroatoms. The van der Waals surface area contributed by atoms with E-state index in [0.29, 0.717) is 6.42 Å². The zero-order valence-electron chi connectivity index (χ0n) is 18.3. The van der Waals surface area contributed by atoms with Gasteiger partial charge in [-0.05, 0) is 6.42 Å². The second kappa shape index (κ2) is 19.7. The van der Waals surface area contributed by atoms with E-state index >= 15 is 0 Å². The molecule has 0 amide bonds. The van der Waals surface area contributed by atoms with Crippen LogP contribution in [0.3, 0.4) is 0 Å². The number of unbranched alkanes of at least 4 members (excludes halogenated alkanes) is 13. The van der Waals surface area contributed by atoms with Gasteiger partial charge in [0, 0.05) is 9.11 Å². The molecule has 0 aliphatic carbocycles. The van der Waals surface area contributed by atoms with Crippen molar-refractivity contribution in [1.82, 2.24) is 0 Å². The Hall–Kier alpha value is -0.610. The highest BCUT2D eigenvalue weighted by atomic mass is 16.5. The lowest BCUT2D eigenvalue weighted by Crippen LogP contribution is -2.21. The molecular weight excluding hydrogens is 316 g/mol. The van der Waals surface area contributed by atoms with Gasteiger partial charge in [-0.15, -0.1) is 0 Å². The van der Waals surface area contributed by atoms with Crippen molar-refractivity contribution in [3.05, 3.63) is 0 Å². The predicted molar refractivity (Wildman–Crippen MR) is 104 cm³/mol. The number of hydrogen-bond acceptors (Lipinski definition) is 4. The summed E-state index contributed by atoms with van der Waals surface area (Å²) in [5.74, 6) is -0.954. The summed E-state index contributed by atoms with van der Waals surface area (Å²) in [5.41, 5.74) is 0. The largest absolute Gasteiger partial charge is 0.463 e.